The number of hydrogen-bond donors (Lipinski definition) is 1. The van der Waals surface area contributed by atoms with E-state index in [4.69, 9.17) is 5.73 Å². The molecule has 1 atom stereocenters. The molecule has 17 heavy (non-hydrogen) atoms. The molecule has 2 aromatic rings. The minimum absolute atomic E-state index is 0. The van der Waals surface area contributed by atoms with Gasteiger partial charge in [0.05, 0.1) is 7.05 Å². The van der Waals surface area contributed by atoms with Gasteiger partial charge in [0, 0.05) is 6.04 Å². The highest BCUT2D eigenvalue weighted by molar-refractivity contribution is 5.15. The number of imidazole rings is 1. The first kappa shape index (κ1) is 13.9. The third-order valence-electron chi connectivity index (χ3n) is 2.61. The fraction of sp³-hybridized carbons (Fsp3) is 0.308. The van der Waals surface area contributed by atoms with Crippen molar-refractivity contribution in [1.29, 1.82) is 0 Å². The highest BCUT2D eigenvalue weighted by atomic mass is 79.9. The zero-order chi connectivity index (χ0) is 11.4. The maximum Gasteiger partial charge on any atom is 0.243 e. The van der Waals surface area contributed by atoms with E-state index in [9.17, 15) is 0 Å². The minimum atomic E-state index is 0. The Kier molecular flexibility index (Phi) is 5.38. The largest absolute Gasteiger partial charge is 1.00 e. The molecule has 0 amide bonds. The van der Waals surface area contributed by atoms with Crippen LogP contribution in [0.5, 0.6) is 0 Å². The second kappa shape index (κ2) is 6.57. The van der Waals surface area contributed by atoms with Crippen molar-refractivity contribution in [2.24, 2.45) is 12.8 Å². The highest BCUT2D eigenvalue weighted by Gasteiger charge is 2.08. The Bertz CT molecular complexity index is 439. The molecule has 0 unspecified atom stereocenters. The van der Waals surface area contributed by atoms with Gasteiger partial charge in [-0.05, 0) is 12.0 Å². The van der Waals surface area contributed by atoms with E-state index in [0.29, 0.717) is 0 Å². The first-order chi connectivity index (χ1) is 7.74. The molecule has 2 N–H and O–H groups in total. The van der Waals surface area contributed by atoms with Gasteiger partial charge >= 0.3 is 0 Å². The van der Waals surface area contributed by atoms with Crippen molar-refractivity contribution in [3.63, 3.8) is 0 Å². The monoisotopic (exact) mass is 295 g/mol. The second-order valence-corrected chi connectivity index (χ2v) is 4.23. The van der Waals surface area contributed by atoms with Gasteiger partial charge in [0.25, 0.3) is 0 Å². The van der Waals surface area contributed by atoms with Crippen LogP contribution in [0.1, 0.15) is 5.56 Å². The normalized spacial score (nSPS) is 11.9. The molecule has 3 nitrogen and oxygen atoms in total. The van der Waals surface area contributed by atoms with E-state index in [2.05, 4.69) is 28.8 Å². The minimum Gasteiger partial charge on any atom is -1.00 e. The first-order valence-corrected chi connectivity index (χ1v) is 5.54. The summed E-state index contributed by atoms with van der Waals surface area (Å²) in [6.45, 7) is 0.857. The summed E-state index contributed by atoms with van der Waals surface area (Å²) in [7, 11) is 2.01. The Balaban J connectivity index is 0.00000144. The molecule has 0 bridgehead atoms. The van der Waals surface area contributed by atoms with Crippen LogP contribution in [0.25, 0.3) is 0 Å². The third kappa shape index (κ3) is 4.32. The zero-order valence-electron chi connectivity index (χ0n) is 9.96. The fourth-order valence-electron chi connectivity index (χ4n) is 1.86. The van der Waals surface area contributed by atoms with E-state index in [1.807, 2.05) is 36.4 Å². The smallest absolute Gasteiger partial charge is 0.243 e. The molecule has 1 aromatic heterocycles. The molecule has 0 saturated heterocycles. The number of nitrogens with two attached hydrogens (primary N) is 1. The first-order valence-electron chi connectivity index (χ1n) is 5.54. The van der Waals surface area contributed by atoms with Gasteiger partial charge in [0.15, 0.2) is 0 Å². The zero-order valence-corrected chi connectivity index (χ0v) is 11.5. The van der Waals surface area contributed by atoms with Crippen LogP contribution in [0.15, 0.2) is 49.1 Å². The molecule has 2 rings (SSSR count). The summed E-state index contributed by atoms with van der Waals surface area (Å²) in [4.78, 5) is 0. The molecular weight excluding hydrogens is 278 g/mol. The molecule has 0 fully saturated rings. The number of aryl methyl sites for hydroxylation is 1. The van der Waals surface area contributed by atoms with Crippen molar-refractivity contribution in [2.45, 2.75) is 19.0 Å². The third-order valence-corrected chi connectivity index (χ3v) is 2.61. The van der Waals surface area contributed by atoms with Crippen LogP contribution in [-0.2, 0) is 20.0 Å². The highest BCUT2D eigenvalue weighted by Crippen LogP contribution is 2.03. The lowest BCUT2D eigenvalue weighted by molar-refractivity contribution is -0.671. The van der Waals surface area contributed by atoms with E-state index >= 15 is 0 Å². The van der Waals surface area contributed by atoms with Gasteiger partial charge in [-0.3, -0.25) is 0 Å². The van der Waals surface area contributed by atoms with Gasteiger partial charge in [-0.1, -0.05) is 30.3 Å². The molecular formula is C13H18BrN3. The van der Waals surface area contributed by atoms with Gasteiger partial charge in [0.1, 0.15) is 18.9 Å². The second-order valence-electron chi connectivity index (χ2n) is 4.23. The molecule has 0 aliphatic carbocycles. The molecule has 1 aromatic carbocycles. The molecule has 1 heterocycles. The van der Waals surface area contributed by atoms with Gasteiger partial charge in [0.2, 0.25) is 6.33 Å². The predicted octanol–water partition coefficient (Wildman–Crippen LogP) is -2.11. The van der Waals surface area contributed by atoms with Crippen LogP contribution in [0.2, 0.25) is 0 Å². The number of rotatable bonds is 4. The quantitative estimate of drug-likeness (QED) is 0.644. The topological polar surface area (TPSA) is 34.8 Å². The van der Waals surface area contributed by atoms with E-state index in [1.165, 1.54) is 5.56 Å². The molecule has 92 valence electrons. The average Bonchev–Trinajstić information content (AvgIpc) is 2.65. The number of aromatic nitrogens is 2. The Morgan fingerprint density at radius 1 is 1.29 bits per heavy atom. The Morgan fingerprint density at radius 3 is 2.59 bits per heavy atom. The number of hydrogen-bond acceptors (Lipinski definition) is 1. The fourth-order valence-corrected chi connectivity index (χ4v) is 1.86. The SMILES string of the molecule is C[n+]1ccn(C[C@@H](N)Cc2ccccc2)c1.[Br-]. The van der Waals surface area contributed by atoms with Crippen LogP contribution in [-0.4, -0.2) is 10.6 Å². The maximum atomic E-state index is 6.12. The average molecular weight is 296 g/mol. The molecule has 0 saturated carbocycles. The van der Waals surface area contributed by atoms with Crippen molar-refractivity contribution >= 4 is 0 Å². The maximum absolute atomic E-state index is 6.12. The van der Waals surface area contributed by atoms with Crippen LogP contribution in [0.3, 0.4) is 0 Å². The van der Waals surface area contributed by atoms with Crippen LogP contribution in [0, 0.1) is 0 Å². The van der Waals surface area contributed by atoms with E-state index in [-0.39, 0.29) is 23.0 Å². The van der Waals surface area contributed by atoms with Gasteiger partial charge in [-0.2, -0.15) is 0 Å². The summed E-state index contributed by atoms with van der Waals surface area (Å²) < 4.78 is 4.14. The molecule has 4 heteroatoms. The summed E-state index contributed by atoms with van der Waals surface area (Å²) in [5, 5.41) is 0. The summed E-state index contributed by atoms with van der Waals surface area (Å²) in [6.07, 6.45) is 7.04. The standard InChI is InChI=1S/C13H18N3.BrH/c1-15-7-8-16(11-15)10-13(14)9-12-5-3-2-4-6-12;/h2-8,11,13H,9-10,14H2,1H3;1H/q+1;/p-1/t13-;/m0./s1. The van der Waals surface area contributed by atoms with Crippen molar-refractivity contribution in [2.75, 3.05) is 0 Å². The van der Waals surface area contributed by atoms with Crippen molar-refractivity contribution in [1.82, 2.24) is 4.57 Å². The van der Waals surface area contributed by atoms with Gasteiger partial charge in [-0.15, -0.1) is 0 Å². The summed E-state index contributed by atoms with van der Waals surface area (Å²) in [5.74, 6) is 0. The van der Waals surface area contributed by atoms with Gasteiger partial charge < -0.3 is 22.7 Å². The van der Waals surface area contributed by atoms with Crippen molar-refractivity contribution in [3.05, 3.63) is 54.6 Å². The Morgan fingerprint density at radius 2 is 2.00 bits per heavy atom. The number of benzene rings is 1. The lowest BCUT2D eigenvalue weighted by Crippen LogP contribution is -3.00. The van der Waals surface area contributed by atoms with Crippen LogP contribution >= 0.6 is 0 Å². The number of halogens is 1. The predicted molar refractivity (Wildman–Crippen MR) is 63.7 cm³/mol. The van der Waals surface area contributed by atoms with Crippen molar-refractivity contribution in [3.8, 4) is 0 Å². The Labute approximate surface area is 113 Å². The molecule has 0 aliphatic heterocycles. The number of nitrogens with zero attached hydrogens (tertiary/aromatic N) is 2. The molecule has 0 radical (unpaired) electrons. The van der Waals surface area contributed by atoms with Gasteiger partial charge in [-0.25, -0.2) is 9.13 Å². The summed E-state index contributed by atoms with van der Waals surface area (Å²) >= 11 is 0. The summed E-state index contributed by atoms with van der Waals surface area (Å²) in [6, 6.07) is 10.5. The van der Waals surface area contributed by atoms with E-state index < -0.39 is 0 Å². The van der Waals surface area contributed by atoms with Crippen LogP contribution in [0.4, 0.5) is 0 Å². The van der Waals surface area contributed by atoms with Crippen LogP contribution < -0.4 is 27.3 Å². The van der Waals surface area contributed by atoms with Crippen molar-refractivity contribution < 1.29 is 21.5 Å². The van der Waals surface area contributed by atoms with E-state index in [0.717, 1.165) is 13.0 Å². The van der Waals surface area contributed by atoms with E-state index in [1.54, 1.807) is 0 Å². The molecule has 0 aliphatic rings. The molecule has 0 spiro atoms. The lowest BCUT2D eigenvalue weighted by atomic mass is 10.1. The summed E-state index contributed by atoms with van der Waals surface area (Å²) in [5.41, 5.74) is 7.41. The Hall–Kier alpha value is -1.13. The lowest BCUT2D eigenvalue weighted by Gasteiger charge is -2.08.